The largest absolute Gasteiger partial charge is 0.348 e. The van der Waals surface area contributed by atoms with E-state index >= 15 is 0 Å². The number of amides is 1. The summed E-state index contributed by atoms with van der Waals surface area (Å²) in [5.74, 6) is 0.307. The molecule has 0 unspecified atom stereocenters. The number of hydrogen-bond acceptors (Lipinski definition) is 3. The van der Waals surface area contributed by atoms with E-state index < -0.39 is 0 Å². The Morgan fingerprint density at radius 1 is 1.00 bits per heavy atom. The van der Waals surface area contributed by atoms with Crippen molar-refractivity contribution in [3.63, 3.8) is 0 Å². The van der Waals surface area contributed by atoms with Gasteiger partial charge in [0.25, 0.3) is 5.91 Å². The first-order chi connectivity index (χ1) is 11.7. The molecule has 24 heavy (non-hydrogen) atoms. The number of aromatic nitrogens is 1. The molecular formula is C19H16ClN3O. The van der Waals surface area contributed by atoms with Crippen molar-refractivity contribution in [3.8, 4) is 0 Å². The predicted octanol–water partition coefficient (Wildman–Crippen LogP) is 4.41. The molecule has 3 aromatic rings. The molecule has 0 bridgehead atoms. The lowest BCUT2D eigenvalue weighted by atomic mass is 10.2. The van der Waals surface area contributed by atoms with Gasteiger partial charge in [0.15, 0.2) is 0 Å². The van der Waals surface area contributed by atoms with Crippen molar-refractivity contribution < 1.29 is 4.79 Å². The van der Waals surface area contributed by atoms with Gasteiger partial charge in [-0.3, -0.25) is 4.79 Å². The van der Waals surface area contributed by atoms with Gasteiger partial charge < -0.3 is 10.6 Å². The molecule has 3 rings (SSSR count). The van der Waals surface area contributed by atoms with Gasteiger partial charge in [0.2, 0.25) is 0 Å². The Bertz CT molecular complexity index is 837. The van der Waals surface area contributed by atoms with Gasteiger partial charge in [-0.25, -0.2) is 4.98 Å². The van der Waals surface area contributed by atoms with E-state index in [0.29, 0.717) is 22.9 Å². The number of anilines is 2. The standard InChI is InChI=1S/C19H16ClN3O/c20-15-8-4-9-16(12-15)23-18-17(10-5-11-21-18)19(24)22-13-14-6-2-1-3-7-14/h1-12H,13H2,(H,21,23)(H,22,24). The normalized spacial score (nSPS) is 10.2. The molecule has 1 aromatic heterocycles. The first-order valence-corrected chi connectivity index (χ1v) is 7.90. The maximum atomic E-state index is 12.5. The molecule has 0 fully saturated rings. The summed E-state index contributed by atoms with van der Waals surface area (Å²) >= 11 is 5.99. The summed E-state index contributed by atoms with van der Waals surface area (Å²) in [7, 11) is 0. The summed E-state index contributed by atoms with van der Waals surface area (Å²) in [6, 6.07) is 20.5. The Labute approximate surface area is 145 Å². The quantitative estimate of drug-likeness (QED) is 0.725. The first-order valence-electron chi connectivity index (χ1n) is 7.52. The summed E-state index contributed by atoms with van der Waals surface area (Å²) in [5.41, 5.74) is 2.30. The number of nitrogens with one attached hydrogen (secondary N) is 2. The van der Waals surface area contributed by atoms with E-state index in [1.807, 2.05) is 42.5 Å². The molecule has 0 aliphatic carbocycles. The summed E-state index contributed by atoms with van der Waals surface area (Å²) < 4.78 is 0. The molecule has 0 saturated carbocycles. The van der Waals surface area contributed by atoms with Gasteiger partial charge in [-0.2, -0.15) is 0 Å². The molecule has 2 aromatic carbocycles. The Morgan fingerprint density at radius 2 is 1.83 bits per heavy atom. The number of pyridine rings is 1. The molecule has 0 radical (unpaired) electrons. The molecule has 0 atom stereocenters. The second kappa shape index (κ2) is 7.62. The number of nitrogens with zero attached hydrogens (tertiary/aromatic N) is 1. The van der Waals surface area contributed by atoms with Crippen LogP contribution in [0, 0.1) is 0 Å². The minimum Gasteiger partial charge on any atom is -0.348 e. The van der Waals surface area contributed by atoms with Crippen LogP contribution in [0.2, 0.25) is 5.02 Å². The lowest BCUT2D eigenvalue weighted by Crippen LogP contribution is -2.24. The molecule has 1 heterocycles. The highest BCUT2D eigenvalue weighted by atomic mass is 35.5. The lowest BCUT2D eigenvalue weighted by Gasteiger charge is -2.11. The molecule has 4 nitrogen and oxygen atoms in total. The highest BCUT2D eigenvalue weighted by molar-refractivity contribution is 6.30. The molecule has 120 valence electrons. The summed E-state index contributed by atoms with van der Waals surface area (Å²) in [5, 5.41) is 6.66. The zero-order valence-electron chi connectivity index (χ0n) is 12.9. The molecule has 2 N–H and O–H groups in total. The lowest BCUT2D eigenvalue weighted by molar-refractivity contribution is 0.0951. The SMILES string of the molecule is O=C(NCc1ccccc1)c1cccnc1Nc1cccc(Cl)c1. The van der Waals surface area contributed by atoms with Crippen LogP contribution in [0.4, 0.5) is 11.5 Å². The fraction of sp³-hybridized carbons (Fsp3) is 0.0526. The monoisotopic (exact) mass is 337 g/mol. The third-order valence-corrected chi connectivity index (χ3v) is 3.67. The van der Waals surface area contributed by atoms with E-state index in [1.165, 1.54) is 0 Å². The Morgan fingerprint density at radius 3 is 2.62 bits per heavy atom. The molecule has 5 heteroatoms. The molecular weight excluding hydrogens is 322 g/mol. The number of benzene rings is 2. The van der Waals surface area contributed by atoms with Crippen LogP contribution >= 0.6 is 11.6 Å². The maximum Gasteiger partial charge on any atom is 0.255 e. The number of halogens is 1. The molecule has 0 aliphatic heterocycles. The first kappa shape index (κ1) is 16.0. The Kier molecular flexibility index (Phi) is 5.08. The van der Waals surface area contributed by atoms with Crippen molar-refractivity contribution >= 4 is 29.0 Å². The zero-order valence-corrected chi connectivity index (χ0v) is 13.6. The number of carbonyl (C=O) groups is 1. The van der Waals surface area contributed by atoms with Crippen LogP contribution in [0.1, 0.15) is 15.9 Å². The van der Waals surface area contributed by atoms with Crippen LogP contribution < -0.4 is 10.6 Å². The molecule has 0 spiro atoms. The van der Waals surface area contributed by atoms with Gasteiger partial charge in [-0.05, 0) is 35.9 Å². The highest BCUT2D eigenvalue weighted by Crippen LogP contribution is 2.21. The van der Waals surface area contributed by atoms with Crippen molar-refractivity contribution in [3.05, 3.63) is 89.1 Å². The Balaban J connectivity index is 1.74. The number of rotatable bonds is 5. The third kappa shape index (κ3) is 4.12. The van der Waals surface area contributed by atoms with Gasteiger partial charge >= 0.3 is 0 Å². The molecule has 0 aliphatic rings. The van der Waals surface area contributed by atoms with Crippen molar-refractivity contribution in [1.82, 2.24) is 10.3 Å². The van der Waals surface area contributed by atoms with Crippen molar-refractivity contribution in [2.24, 2.45) is 0 Å². The average Bonchev–Trinajstić information content (AvgIpc) is 2.61. The second-order valence-electron chi connectivity index (χ2n) is 5.20. The van der Waals surface area contributed by atoms with E-state index in [2.05, 4.69) is 15.6 Å². The van der Waals surface area contributed by atoms with Crippen LogP contribution in [0.3, 0.4) is 0 Å². The van der Waals surface area contributed by atoms with Crippen LogP contribution in [-0.4, -0.2) is 10.9 Å². The summed E-state index contributed by atoms with van der Waals surface area (Å²) in [4.78, 5) is 16.7. The molecule has 0 saturated heterocycles. The van der Waals surface area contributed by atoms with E-state index in [0.717, 1.165) is 11.3 Å². The average molecular weight is 338 g/mol. The van der Waals surface area contributed by atoms with Crippen LogP contribution in [-0.2, 0) is 6.54 Å². The minimum absolute atomic E-state index is 0.184. The zero-order chi connectivity index (χ0) is 16.8. The van der Waals surface area contributed by atoms with Gasteiger partial charge in [0.05, 0.1) is 5.56 Å². The van der Waals surface area contributed by atoms with Crippen LogP contribution in [0.15, 0.2) is 72.9 Å². The fourth-order valence-corrected chi connectivity index (χ4v) is 2.45. The molecule has 1 amide bonds. The number of carbonyl (C=O) groups excluding carboxylic acids is 1. The van der Waals surface area contributed by atoms with Crippen LogP contribution in [0.25, 0.3) is 0 Å². The van der Waals surface area contributed by atoms with E-state index in [9.17, 15) is 4.79 Å². The maximum absolute atomic E-state index is 12.5. The van der Waals surface area contributed by atoms with Gasteiger partial charge in [-0.15, -0.1) is 0 Å². The van der Waals surface area contributed by atoms with Gasteiger partial charge in [-0.1, -0.05) is 48.0 Å². The second-order valence-corrected chi connectivity index (χ2v) is 5.64. The summed E-state index contributed by atoms with van der Waals surface area (Å²) in [6.45, 7) is 0.463. The minimum atomic E-state index is -0.184. The van der Waals surface area contributed by atoms with Crippen molar-refractivity contribution in [2.75, 3.05) is 5.32 Å². The summed E-state index contributed by atoms with van der Waals surface area (Å²) in [6.07, 6.45) is 1.64. The predicted molar refractivity (Wildman–Crippen MR) is 96.6 cm³/mol. The van der Waals surface area contributed by atoms with Gasteiger partial charge in [0.1, 0.15) is 5.82 Å². The van der Waals surface area contributed by atoms with E-state index in [-0.39, 0.29) is 5.91 Å². The fourth-order valence-electron chi connectivity index (χ4n) is 2.26. The van der Waals surface area contributed by atoms with Crippen molar-refractivity contribution in [1.29, 1.82) is 0 Å². The third-order valence-electron chi connectivity index (χ3n) is 3.44. The van der Waals surface area contributed by atoms with E-state index in [4.69, 9.17) is 11.6 Å². The van der Waals surface area contributed by atoms with E-state index in [1.54, 1.807) is 30.5 Å². The Hall–Kier alpha value is -2.85. The number of hydrogen-bond donors (Lipinski definition) is 2. The topological polar surface area (TPSA) is 54.0 Å². The van der Waals surface area contributed by atoms with Gasteiger partial charge in [0, 0.05) is 23.5 Å². The highest BCUT2D eigenvalue weighted by Gasteiger charge is 2.12. The van der Waals surface area contributed by atoms with Crippen molar-refractivity contribution in [2.45, 2.75) is 6.54 Å². The van der Waals surface area contributed by atoms with Crippen LogP contribution in [0.5, 0.6) is 0 Å². The smallest absolute Gasteiger partial charge is 0.255 e.